The minimum atomic E-state index is 0.473. The van der Waals surface area contributed by atoms with Crippen LogP contribution in [-0.4, -0.2) is 29.3 Å². The number of hydrazine groups is 1. The van der Waals surface area contributed by atoms with Gasteiger partial charge in [-0.2, -0.15) is 0 Å². The Morgan fingerprint density at radius 2 is 1.97 bits per heavy atom. The standard InChI is InChI=1S/C26H42ClN3O/c1-5-16-30(28-18-27)17-15-19(3)7-14-24-23-13-12-22(11-10-21-8-9-21)25(20(4)6-2)26(23)31-29-24/h12-13,19-21,28H,5-11,14-18H2,1-4H3. The molecule has 0 saturated heterocycles. The molecular weight excluding hydrogens is 406 g/mol. The molecule has 174 valence electrons. The Bertz CT molecular complexity index is 795. The number of halogens is 1. The van der Waals surface area contributed by atoms with E-state index in [1.165, 1.54) is 42.2 Å². The summed E-state index contributed by atoms with van der Waals surface area (Å²) in [5.74, 6) is 2.10. The van der Waals surface area contributed by atoms with E-state index in [0.717, 1.165) is 62.4 Å². The van der Waals surface area contributed by atoms with Gasteiger partial charge in [0.25, 0.3) is 0 Å². The van der Waals surface area contributed by atoms with Crippen molar-refractivity contribution in [2.75, 3.05) is 19.1 Å². The molecule has 0 spiro atoms. The highest BCUT2D eigenvalue weighted by Gasteiger charge is 2.24. The van der Waals surface area contributed by atoms with Gasteiger partial charge in [-0.3, -0.25) is 0 Å². The molecule has 1 aromatic carbocycles. The van der Waals surface area contributed by atoms with Crippen molar-refractivity contribution in [2.45, 2.75) is 91.4 Å². The third kappa shape index (κ3) is 6.94. The van der Waals surface area contributed by atoms with Crippen LogP contribution in [0.2, 0.25) is 0 Å². The summed E-state index contributed by atoms with van der Waals surface area (Å²) in [5.41, 5.74) is 8.32. The normalized spacial score (nSPS) is 16.3. The Labute approximate surface area is 194 Å². The summed E-state index contributed by atoms with van der Waals surface area (Å²) < 4.78 is 5.98. The second-order valence-corrected chi connectivity index (χ2v) is 9.91. The summed E-state index contributed by atoms with van der Waals surface area (Å²) in [7, 11) is 0. The first kappa shape index (κ1) is 24.5. The van der Waals surface area contributed by atoms with Gasteiger partial charge >= 0.3 is 0 Å². The van der Waals surface area contributed by atoms with Crippen LogP contribution in [0.3, 0.4) is 0 Å². The molecule has 0 aliphatic heterocycles. The summed E-state index contributed by atoms with van der Waals surface area (Å²) in [6.45, 7) is 11.2. The molecule has 1 aliphatic rings. The first-order chi connectivity index (χ1) is 15.1. The van der Waals surface area contributed by atoms with E-state index >= 15 is 0 Å². The van der Waals surface area contributed by atoms with Gasteiger partial charge in [0.15, 0.2) is 5.58 Å². The first-order valence-corrected chi connectivity index (χ1v) is 13.0. The number of aromatic nitrogens is 1. The van der Waals surface area contributed by atoms with E-state index in [2.05, 4.69) is 55.4 Å². The number of alkyl halides is 1. The number of rotatable bonds is 15. The molecule has 1 aliphatic carbocycles. The molecule has 0 bridgehead atoms. The molecule has 0 radical (unpaired) electrons. The van der Waals surface area contributed by atoms with Crippen LogP contribution in [0.25, 0.3) is 11.0 Å². The highest BCUT2D eigenvalue weighted by atomic mass is 35.5. The Morgan fingerprint density at radius 3 is 2.65 bits per heavy atom. The van der Waals surface area contributed by atoms with Gasteiger partial charge in [-0.05, 0) is 74.3 Å². The van der Waals surface area contributed by atoms with Crippen molar-refractivity contribution in [3.05, 3.63) is 29.0 Å². The first-order valence-electron chi connectivity index (χ1n) is 12.5. The molecule has 3 rings (SSSR count). The van der Waals surface area contributed by atoms with E-state index in [9.17, 15) is 0 Å². The lowest BCUT2D eigenvalue weighted by molar-refractivity contribution is 0.187. The predicted octanol–water partition coefficient (Wildman–Crippen LogP) is 7.06. The molecule has 1 saturated carbocycles. The van der Waals surface area contributed by atoms with E-state index < -0.39 is 0 Å². The van der Waals surface area contributed by atoms with Crippen molar-refractivity contribution in [1.29, 1.82) is 0 Å². The Hall–Kier alpha value is -1.10. The van der Waals surface area contributed by atoms with E-state index in [0.29, 0.717) is 17.8 Å². The van der Waals surface area contributed by atoms with Gasteiger partial charge < -0.3 is 4.52 Å². The predicted molar refractivity (Wildman–Crippen MR) is 132 cm³/mol. The number of fused-ring (bicyclic) bond motifs is 1. The number of nitrogens with zero attached hydrogens (tertiary/aromatic N) is 2. The summed E-state index contributed by atoms with van der Waals surface area (Å²) in [6.07, 6.45) is 10.9. The molecule has 2 atom stereocenters. The zero-order chi connectivity index (χ0) is 22.2. The van der Waals surface area contributed by atoms with Crippen LogP contribution < -0.4 is 5.43 Å². The maximum atomic E-state index is 5.98. The van der Waals surface area contributed by atoms with Crippen LogP contribution in [0.15, 0.2) is 16.7 Å². The monoisotopic (exact) mass is 447 g/mol. The second-order valence-electron chi connectivity index (χ2n) is 9.65. The lowest BCUT2D eigenvalue weighted by Gasteiger charge is -2.23. The van der Waals surface area contributed by atoms with Crippen molar-refractivity contribution >= 4 is 22.6 Å². The van der Waals surface area contributed by atoms with Crippen LogP contribution in [0.5, 0.6) is 0 Å². The van der Waals surface area contributed by atoms with Gasteiger partial charge in [-0.25, -0.2) is 10.4 Å². The van der Waals surface area contributed by atoms with E-state index in [1.54, 1.807) is 0 Å². The lowest BCUT2D eigenvalue weighted by Crippen LogP contribution is -2.39. The molecule has 2 aromatic rings. The number of benzene rings is 1. The smallest absolute Gasteiger partial charge is 0.170 e. The van der Waals surface area contributed by atoms with Crippen LogP contribution in [0, 0.1) is 11.8 Å². The number of hydrogen-bond acceptors (Lipinski definition) is 4. The molecular formula is C26H42ClN3O. The van der Waals surface area contributed by atoms with Crippen LogP contribution >= 0.6 is 11.6 Å². The fourth-order valence-electron chi connectivity index (χ4n) is 4.55. The molecule has 2 unspecified atom stereocenters. The van der Waals surface area contributed by atoms with Gasteiger partial charge in [0.2, 0.25) is 0 Å². The average molecular weight is 448 g/mol. The Morgan fingerprint density at radius 1 is 1.16 bits per heavy atom. The fraction of sp³-hybridized carbons (Fsp3) is 0.731. The van der Waals surface area contributed by atoms with Gasteiger partial charge in [0.05, 0.1) is 11.7 Å². The van der Waals surface area contributed by atoms with Crippen molar-refractivity contribution in [1.82, 2.24) is 15.6 Å². The van der Waals surface area contributed by atoms with Crippen LogP contribution in [-0.2, 0) is 12.8 Å². The summed E-state index contributed by atoms with van der Waals surface area (Å²) in [6, 6.07) is 5.10. The van der Waals surface area contributed by atoms with Crippen molar-refractivity contribution in [3.8, 4) is 0 Å². The summed E-state index contributed by atoms with van der Waals surface area (Å²) in [5, 5.41) is 8.01. The second kappa shape index (κ2) is 12.2. The molecule has 1 aromatic heterocycles. The molecule has 1 heterocycles. The van der Waals surface area contributed by atoms with Crippen LogP contribution in [0.4, 0.5) is 0 Å². The Kier molecular flexibility index (Phi) is 9.68. The minimum absolute atomic E-state index is 0.473. The van der Waals surface area contributed by atoms with Crippen LogP contribution in [0.1, 0.15) is 95.4 Å². The van der Waals surface area contributed by atoms with Crippen molar-refractivity contribution in [2.24, 2.45) is 11.8 Å². The highest BCUT2D eigenvalue weighted by molar-refractivity contribution is 6.17. The summed E-state index contributed by atoms with van der Waals surface area (Å²) >= 11 is 5.85. The molecule has 1 N–H and O–H groups in total. The van der Waals surface area contributed by atoms with Gasteiger partial charge in [-0.15, -0.1) is 11.6 Å². The molecule has 31 heavy (non-hydrogen) atoms. The lowest BCUT2D eigenvalue weighted by atomic mass is 9.89. The fourth-order valence-corrected chi connectivity index (χ4v) is 4.72. The SMILES string of the molecule is CCCN(CCC(C)CCc1noc2c(C(C)CC)c(CCC3CC3)ccc12)NCCl. The van der Waals surface area contributed by atoms with E-state index in [4.69, 9.17) is 16.1 Å². The van der Waals surface area contributed by atoms with Crippen molar-refractivity contribution < 1.29 is 4.52 Å². The third-order valence-corrected chi connectivity index (χ3v) is 7.13. The largest absolute Gasteiger partial charge is 0.356 e. The molecule has 5 heteroatoms. The average Bonchev–Trinajstić information content (AvgIpc) is 3.52. The minimum Gasteiger partial charge on any atom is -0.356 e. The maximum Gasteiger partial charge on any atom is 0.170 e. The molecule has 4 nitrogen and oxygen atoms in total. The zero-order valence-electron chi connectivity index (χ0n) is 20.1. The maximum absolute atomic E-state index is 5.98. The quantitative estimate of drug-likeness (QED) is 0.180. The van der Waals surface area contributed by atoms with Gasteiger partial charge in [0.1, 0.15) is 0 Å². The van der Waals surface area contributed by atoms with E-state index in [-0.39, 0.29) is 0 Å². The molecule has 1 fully saturated rings. The third-order valence-electron chi connectivity index (χ3n) is 7.01. The summed E-state index contributed by atoms with van der Waals surface area (Å²) in [4.78, 5) is 0. The van der Waals surface area contributed by atoms with E-state index in [1.807, 2.05) is 0 Å². The Balaban J connectivity index is 1.64. The van der Waals surface area contributed by atoms with Gasteiger partial charge in [-0.1, -0.05) is 51.8 Å². The molecule has 0 amide bonds. The number of hydrogen-bond donors (Lipinski definition) is 1. The highest BCUT2D eigenvalue weighted by Crippen LogP contribution is 2.37. The zero-order valence-corrected chi connectivity index (χ0v) is 20.8. The van der Waals surface area contributed by atoms with Gasteiger partial charge in [0, 0.05) is 24.0 Å². The van der Waals surface area contributed by atoms with Crippen molar-refractivity contribution in [3.63, 3.8) is 0 Å². The number of aryl methyl sites for hydroxylation is 2. The topological polar surface area (TPSA) is 41.3 Å². The number of nitrogens with one attached hydrogen (secondary N) is 1.